The summed E-state index contributed by atoms with van der Waals surface area (Å²) in [6, 6.07) is 18.0. The van der Waals surface area contributed by atoms with Gasteiger partial charge in [0.05, 0.1) is 17.2 Å². The highest BCUT2D eigenvalue weighted by atomic mass is 35.5. The first-order valence-electron chi connectivity index (χ1n) is 9.32. The topological polar surface area (TPSA) is 87.7 Å². The van der Waals surface area contributed by atoms with Crippen molar-refractivity contribution in [3.63, 3.8) is 0 Å². The van der Waals surface area contributed by atoms with Gasteiger partial charge in [-0.2, -0.15) is 5.26 Å². The normalized spacial score (nSPS) is 16.2. The van der Waals surface area contributed by atoms with Gasteiger partial charge in [0.25, 0.3) is 0 Å². The molecular formula is C23H21ClN4O. The lowest BCUT2D eigenvalue weighted by atomic mass is 9.81. The van der Waals surface area contributed by atoms with Crippen molar-refractivity contribution in [3.8, 4) is 23.2 Å². The lowest BCUT2D eigenvalue weighted by molar-refractivity contribution is 0.379. The lowest BCUT2D eigenvalue weighted by Crippen LogP contribution is -2.21. The highest BCUT2D eigenvalue weighted by Gasteiger charge is 2.35. The molecule has 0 radical (unpaired) electrons. The number of nitrogens with two attached hydrogens (primary N) is 1. The van der Waals surface area contributed by atoms with Gasteiger partial charge < -0.3 is 10.5 Å². The third-order valence-electron chi connectivity index (χ3n) is 5.18. The molecule has 5 nitrogen and oxygen atoms in total. The Morgan fingerprint density at radius 3 is 2.34 bits per heavy atom. The molecule has 1 unspecified atom stereocenters. The standard InChI is InChI=1S/C23H21ClN4O/c1-23(2,3)15-8-4-13(5-9-15)18-17(12-25)21(26)29-22-19(18)20(27-28-22)14-6-10-16(24)11-7-14/h4-11,18H,26H2,1-3H3,(H,27,28). The minimum atomic E-state index is -0.373. The van der Waals surface area contributed by atoms with E-state index in [2.05, 4.69) is 49.2 Å². The smallest absolute Gasteiger partial charge is 0.244 e. The number of nitrogens with one attached hydrogen (secondary N) is 1. The van der Waals surface area contributed by atoms with Gasteiger partial charge >= 0.3 is 0 Å². The number of aromatic amines is 1. The minimum absolute atomic E-state index is 0.0381. The van der Waals surface area contributed by atoms with E-state index in [1.807, 2.05) is 36.4 Å². The van der Waals surface area contributed by atoms with Crippen molar-refractivity contribution in [3.05, 3.63) is 81.7 Å². The zero-order valence-corrected chi connectivity index (χ0v) is 17.2. The van der Waals surface area contributed by atoms with Crippen molar-refractivity contribution in [2.75, 3.05) is 0 Å². The Bertz CT molecular complexity index is 1130. The fourth-order valence-electron chi connectivity index (χ4n) is 3.59. The summed E-state index contributed by atoms with van der Waals surface area (Å²) >= 11 is 6.04. The molecule has 146 valence electrons. The van der Waals surface area contributed by atoms with Gasteiger partial charge in [-0.3, -0.25) is 5.10 Å². The molecule has 0 saturated carbocycles. The Labute approximate surface area is 174 Å². The van der Waals surface area contributed by atoms with Crippen molar-refractivity contribution >= 4 is 11.6 Å². The van der Waals surface area contributed by atoms with Crippen LogP contribution in [0.5, 0.6) is 5.88 Å². The summed E-state index contributed by atoms with van der Waals surface area (Å²) < 4.78 is 5.66. The number of allylic oxidation sites excluding steroid dienone is 1. The van der Waals surface area contributed by atoms with Gasteiger partial charge in [-0.1, -0.05) is 68.8 Å². The predicted octanol–water partition coefficient (Wildman–Crippen LogP) is 5.25. The second-order valence-electron chi connectivity index (χ2n) is 8.12. The Kier molecular flexibility index (Phi) is 4.60. The van der Waals surface area contributed by atoms with E-state index in [9.17, 15) is 5.26 Å². The molecule has 1 aromatic heterocycles. The summed E-state index contributed by atoms with van der Waals surface area (Å²) in [4.78, 5) is 0. The summed E-state index contributed by atoms with van der Waals surface area (Å²) in [5.41, 5.74) is 11.1. The van der Waals surface area contributed by atoms with Crippen LogP contribution in [0, 0.1) is 11.3 Å². The molecule has 2 aromatic carbocycles. The van der Waals surface area contributed by atoms with E-state index in [1.165, 1.54) is 5.56 Å². The Morgan fingerprint density at radius 1 is 1.10 bits per heavy atom. The second kappa shape index (κ2) is 6.98. The number of hydrogen-bond acceptors (Lipinski definition) is 4. The van der Waals surface area contributed by atoms with Crippen LogP contribution in [-0.2, 0) is 5.41 Å². The summed E-state index contributed by atoms with van der Waals surface area (Å²) in [6.45, 7) is 6.51. The van der Waals surface area contributed by atoms with Crippen molar-refractivity contribution in [2.45, 2.75) is 32.1 Å². The number of hydrogen-bond donors (Lipinski definition) is 2. The molecule has 1 aliphatic heterocycles. The summed E-state index contributed by atoms with van der Waals surface area (Å²) in [5.74, 6) is 0.0950. The van der Waals surface area contributed by atoms with Crippen LogP contribution in [0.4, 0.5) is 0 Å². The van der Waals surface area contributed by atoms with Crippen molar-refractivity contribution in [2.24, 2.45) is 5.73 Å². The first-order chi connectivity index (χ1) is 13.8. The van der Waals surface area contributed by atoms with E-state index < -0.39 is 0 Å². The van der Waals surface area contributed by atoms with Crippen molar-refractivity contribution in [1.82, 2.24) is 10.2 Å². The van der Waals surface area contributed by atoms with Crippen LogP contribution in [0.25, 0.3) is 11.3 Å². The van der Waals surface area contributed by atoms with Crippen LogP contribution in [0.1, 0.15) is 43.4 Å². The molecule has 1 aliphatic rings. The van der Waals surface area contributed by atoms with Crippen LogP contribution in [0.3, 0.4) is 0 Å². The molecule has 3 aromatic rings. The number of halogens is 1. The molecule has 3 N–H and O–H groups in total. The third kappa shape index (κ3) is 3.37. The molecular weight excluding hydrogens is 384 g/mol. The van der Waals surface area contributed by atoms with E-state index >= 15 is 0 Å². The maximum atomic E-state index is 9.82. The van der Waals surface area contributed by atoms with E-state index in [0.717, 1.165) is 22.4 Å². The SMILES string of the molecule is CC(C)(C)c1ccc(C2C(C#N)=C(N)Oc3n[nH]c(-c4ccc(Cl)cc4)c32)cc1. The van der Waals surface area contributed by atoms with E-state index in [-0.39, 0.29) is 17.2 Å². The van der Waals surface area contributed by atoms with Crippen LogP contribution in [0.15, 0.2) is 60.0 Å². The van der Waals surface area contributed by atoms with Crippen LogP contribution < -0.4 is 10.5 Å². The summed E-state index contributed by atoms with van der Waals surface area (Å²) in [6.07, 6.45) is 0. The van der Waals surface area contributed by atoms with Crippen molar-refractivity contribution < 1.29 is 4.74 Å². The fraction of sp³-hybridized carbons (Fsp3) is 0.217. The third-order valence-corrected chi connectivity index (χ3v) is 5.43. The summed E-state index contributed by atoms with van der Waals surface area (Å²) in [5, 5.41) is 17.8. The van der Waals surface area contributed by atoms with Crippen LogP contribution in [-0.4, -0.2) is 10.2 Å². The first kappa shape index (κ1) is 19.1. The quantitative estimate of drug-likeness (QED) is 0.610. The number of ether oxygens (including phenoxy) is 1. The maximum absolute atomic E-state index is 9.82. The number of nitriles is 1. The Hall–Kier alpha value is -3.23. The van der Waals surface area contributed by atoms with Gasteiger partial charge in [-0.15, -0.1) is 5.10 Å². The van der Waals surface area contributed by atoms with Crippen LogP contribution >= 0.6 is 11.6 Å². The molecule has 0 bridgehead atoms. The van der Waals surface area contributed by atoms with E-state index in [1.54, 1.807) is 0 Å². The molecule has 0 fully saturated rings. The highest BCUT2D eigenvalue weighted by molar-refractivity contribution is 6.30. The Morgan fingerprint density at radius 2 is 1.76 bits per heavy atom. The molecule has 1 atom stereocenters. The number of fused-ring (bicyclic) bond motifs is 1. The van der Waals surface area contributed by atoms with Gasteiger partial charge in [0.1, 0.15) is 11.6 Å². The second-order valence-corrected chi connectivity index (χ2v) is 8.56. The average molecular weight is 405 g/mol. The van der Waals surface area contributed by atoms with Gasteiger partial charge in [-0.25, -0.2) is 0 Å². The van der Waals surface area contributed by atoms with Gasteiger partial charge in [0.15, 0.2) is 0 Å². The molecule has 0 aliphatic carbocycles. The van der Waals surface area contributed by atoms with E-state index in [4.69, 9.17) is 22.1 Å². The van der Waals surface area contributed by atoms with E-state index in [0.29, 0.717) is 16.5 Å². The molecule has 0 saturated heterocycles. The predicted molar refractivity (Wildman–Crippen MR) is 113 cm³/mol. The molecule has 29 heavy (non-hydrogen) atoms. The number of benzene rings is 2. The molecule has 0 spiro atoms. The van der Waals surface area contributed by atoms with Crippen molar-refractivity contribution in [1.29, 1.82) is 5.26 Å². The molecule has 4 rings (SSSR count). The van der Waals surface area contributed by atoms with Gasteiger partial charge in [0.2, 0.25) is 11.8 Å². The summed E-state index contributed by atoms with van der Waals surface area (Å²) in [7, 11) is 0. The first-order valence-corrected chi connectivity index (χ1v) is 9.69. The average Bonchev–Trinajstić information content (AvgIpc) is 3.10. The minimum Gasteiger partial charge on any atom is -0.420 e. The van der Waals surface area contributed by atoms with Crippen LogP contribution in [0.2, 0.25) is 5.02 Å². The zero-order valence-electron chi connectivity index (χ0n) is 16.5. The number of nitrogens with zero attached hydrogens (tertiary/aromatic N) is 2. The van der Waals surface area contributed by atoms with Gasteiger partial charge in [0, 0.05) is 10.6 Å². The fourth-order valence-corrected chi connectivity index (χ4v) is 3.72. The maximum Gasteiger partial charge on any atom is 0.244 e. The molecule has 6 heteroatoms. The van der Waals surface area contributed by atoms with Gasteiger partial charge in [-0.05, 0) is 28.7 Å². The molecule has 0 amide bonds. The number of aromatic nitrogens is 2. The monoisotopic (exact) mass is 404 g/mol. The highest BCUT2D eigenvalue weighted by Crippen LogP contribution is 2.45. The zero-order chi connectivity index (χ0) is 20.8. The lowest BCUT2D eigenvalue weighted by Gasteiger charge is -2.25. The number of rotatable bonds is 2. The number of H-pyrrole nitrogens is 1. The molecule has 2 heterocycles. The Balaban J connectivity index is 1.88. The largest absolute Gasteiger partial charge is 0.420 e.